The van der Waals surface area contributed by atoms with E-state index in [0.717, 1.165) is 5.57 Å². The van der Waals surface area contributed by atoms with Gasteiger partial charge in [0, 0.05) is 0 Å². The van der Waals surface area contributed by atoms with Crippen LogP contribution in [-0.4, -0.2) is 16.6 Å². The molecule has 1 N–H and O–H groups in total. The largest absolute Gasteiger partial charge is 0.433 e. The van der Waals surface area contributed by atoms with Crippen molar-refractivity contribution in [2.45, 2.75) is 13.3 Å². The second-order valence-electron chi connectivity index (χ2n) is 2.75. The topological polar surface area (TPSA) is 76.5 Å². The van der Waals surface area contributed by atoms with Crippen LogP contribution in [0.5, 0.6) is 0 Å². The third kappa shape index (κ3) is 2.43. The van der Waals surface area contributed by atoms with Crippen LogP contribution in [-0.2, 0) is 0 Å². The molecule has 0 unspecified atom stereocenters. The van der Waals surface area contributed by atoms with Crippen LogP contribution in [0, 0.1) is 10.1 Å². The van der Waals surface area contributed by atoms with Crippen LogP contribution < -0.4 is 0 Å². The fraction of sp³-hybridized carbons (Fsp3) is 0.333. The normalized spacial score (nSPS) is 11.7. The summed E-state index contributed by atoms with van der Waals surface area (Å²) in [6.45, 7) is 1.82. The first-order valence-corrected chi connectivity index (χ1v) is 4.22. The highest BCUT2D eigenvalue weighted by Crippen LogP contribution is 2.18. The average Bonchev–Trinajstić information content (AvgIpc) is 2.62. The van der Waals surface area contributed by atoms with Crippen molar-refractivity contribution in [3.8, 4) is 0 Å². The summed E-state index contributed by atoms with van der Waals surface area (Å²) in [5, 5.41) is 19.1. The van der Waals surface area contributed by atoms with E-state index in [4.69, 9.17) is 9.52 Å². The van der Waals surface area contributed by atoms with Gasteiger partial charge in [-0.1, -0.05) is 6.92 Å². The Labute approximate surface area is 80.8 Å². The zero-order valence-corrected chi connectivity index (χ0v) is 7.77. The highest BCUT2D eigenvalue weighted by atomic mass is 16.6. The lowest BCUT2D eigenvalue weighted by Crippen LogP contribution is -1.87. The van der Waals surface area contributed by atoms with Gasteiger partial charge in [-0.15, -0.1) is 0 Å². The zero-order valence-electron chi connectivity index (χ0n) is 7.77. The van der Waals surface area contributed by atoms with Crippen LogP contribution in [0.15, 0.2) is 22.1 Å². The number of furan rings is 1. The quantitative estimate of drug-likeness (QED) is 0.591. The van der Waals surface area contributed by atoms with Crippen molar-refractivity contribution in [3.63, 3.8) is 0 Å². The Morgan fingerprint density at radius 2 is 2.43 bits per heavy atom. The number of nitrogens with zero attached hydrogens (tertiary/aromatic N) is 1. The van der Waals surface area contributed by atoms with Crippen LogP contribution in [0.25, 0.3) is 6.08 Å². The van der Waals surface area contributed by atoms with Gasteiger partial charge >= 0.3 is 5.88 Å². The number of hydrogen-bond donors (Lipinski definition) is 1. The van der Waals surface area contributed by atoms with E-state index < -0.39 is 4.92 Å². The Balaban J connectivity index is 2.87. The van der Waals surface area contributed by atoms with Gasteiger partial charge < -0.3 is 9.52 Å². The summed E-state index contributed by atoms with van der Waals surface area (Å²) in [6, 6.07) is 2.79. The Kier molecular flexibility index (Phi) is 3.41. The van der Waals surface area contributed by atoms with Crippen LogP contribution in [0.4, 0.5) is 5.88 Å². The van der Waals surface area contributed by atoms with Gasteiger partial charge in [-0.25, -0.2) is 0 Å². The summed E-state index contributed by atoms with van der Waals surface area (Å²) < 4.78 is 4.89. The minimum Gasteiger partial charge on any atom is -0.401 e. The molecule has 1 aromatic rings. The molecule has 0 fully saturated rings. The number of aliphatic hydroxyl groups excluding tert-OH is 1. The van der Waals surface area contributed by atoms with Crippen molar-refractivity contribution in [3.05, 3.63) is 33.6 Å². The number of rotatable bonds is 4. The van der Waals surface area contributed by atoms with Gasteiger partial charge in [0.2, 0.25) is 0 Å². The Morgan fingerprint density at radius 1 is 1.71 bits per heavy atom. The van der Waals surface area contributed by atoms with Crippen LogP contribution in [0.3, 0.4) is 0 Å². The van der Waals surface area contributed by atoms with E-state index in [-0.39, 0.29) is 12.5 Å². The molecule has 1 rings (SSSR count). The third-order valence-corrected chi connectivity index (χ3v) is 1.80. The Bertz CT molecular complexity index is 347. The smallest absolute Gasteiger partial charge is 0.401 e. The molecule has 76 valence electrons. The fourth-order valence-electron chi connectivity index (χ4n) is 0.979. The summed E-state index contributed by atoms with van der Waals surface area (Å²) in [6.07, 6.45) is 2.29. The molecule has 0 radical (unpaired) electrons. The maximum absolute atomic E-state index is 10.3. The lowest BCUT2D eigenvalue weighted by molar-refractivity contribution is -0.402. The van der Waals surface area contributed by atoms with Crippen molar-refractivity contribution < 1.29 is 14.4 Å². The lowest BCUT2D eigenvalue weighted by Gasteiger charge is -1.95. The first kappa shape index (κ1) is 10.5. The zero-order chi connectivity index (χ0) is 10.6. The molecule has 1 heterocycles. The first-order valence-electron chi connectivity index (χ1n) is 4.22. The molecule has 0 bridgehead atoms. The van der Waals surface area contributed by atoms with Crippen LogP contribution in [0.2, 0.25) is 0 Å². The van der Waals surface area contributed by atoms with E-state index in [1.807, 2.05) is 6.92 Å². The summed E-state index contributed by atoms with van der Waals surface area (Å²) >= 11 is 0. The SMILES string of the molecule is CCC(=Cc1ccc([N+](=O)[O-])o1)CO. The monoisotopic (exact) mass is 197 g/mol. The van der Waals surface area contributed by atoms with Crippen molar-refractivity contribution in [1.82, 2.24) is 0 Å². The molecule has 0 aromatic carbocycles. The average molecular weight is 197 g/mol. The molecule has 0 saturated heterocycles. The molecule has 0 aliphatic heterocycles. The maximum Gasteiger partial charge on any atom is 0.433 e. The maximum atomic E-state index is 10.3. The van der Waals surface area contributed by atoms with Gasteiger partial charge in [-0.2, -0.15) is 0 Å². The van der Waals surface area contributed by atoms with E-state index in [1.165, 1.54) is 12.1 Å². The first-order chi connectivity index (χ1) is 6.67. The molecule has 0 aliphatic carbocycles. The minimum absolute atomic E-state index is 0.0645. The highest BCUT2D eigenvalue weighted by Gasteiger charge is 2.10. The molecule has 0 aliphatic rings. The number of hydrogen-bond acceptors (Lipinski definition) is 4. The van der Waals surface area contributed by atoms with Gasteiger partial charge in [0.25, 0.3) is 0 Å². The van der Waals surface area contributed by atoms with Crippen molar-refractivity contribution in [2.75, 3.05) is 6.61 Å². The predicted octanol–water partition coefficient (Wildman–Crippen LogP) is 1.97. The van der Waals surface area contributed by atoms with Gasteiger partial charge in [0.15, 0.2) is 0 Å². The molecule has 0 atom stereocenters. The second-order valence-corrected chi connectivity index (χ2v) is 2.75. The molecule has 0 spiro atoms. The molecule has 5 heteroatoms. The van der Waals surface area contributed by atoms with E-state index in [2.05, 4.69) is 0 Å². The van der Waals surface area contributed by atoms with Crippen LogP contribution >= 0.6 is 0 Å². The van der Waals surface area contributed by atoms with E-state index in [9.17, 15) is 10.1 Å². The molecule has 0 amide bonds. The highest BCUT2D eigenvalue weighted by molar-refractivity contribution is 5.48. The molecular formula is C9H11NO4. The predicted molar refractivity (Wildman–Crippen MR) is 50.7 cm³/mol. The van der Waals surface area contributed by atoms with Gasteiger partial charge in [0.1, 0.15) is 10.7 Å². The van der Waals surface area contributed by atoms with Gasteiger partial charge in [0.05, 0.1) is 12.7 Å². The Morgan fingerprint density at radius 3 is 2.86 bits per heavy atom. The second kappa shape index (κ2) is 4.57. The third-order valence-electron chi connectivity index (χ3n) is 1.80. The summed E-state index contributed by atoms with van der Waals surface area (Å²) in [5.41, 5.74) is 0.772. The Hall–Kier alpha value is -1.62. The van der Waals surface area contributed by atoms with Gasteiger partial charge in [-0.05, 0) is 24.1 Å². The van der Waals surface area contributed by atoms with Crippen LogP contribution in [0.1, 0.15) is 19.1 Å². The van der Waals surface area contributed by atoms with E-state index >= 15 is 0 Å². The lowest BCUT2D eigenvalue weighted by atomic mass is 10.2. The molecule has 0 saturated carbocycles. The molecule has 14 heavy (non-hydrogen) atoms. The van der Waals surface area contributed by atoms with Crippen molar-refractivity contribution in [1.29, 1.82) is 0 Å². The number of nitro groups is 1. The van der Waals surface area contributed by atoms with Crippen molar-refractivity contribution in [2.24, 2.45) is 0 Å². The summed E-state index contributed by atoms with van der Waals surface area (Å²) in [7, 11) is 0. The van der Waals surface area contributed by atoms with E-state index in [0.29, 0.717) is 12.2 Å². The summed E-state index contributed by atoms with van der Waals surface area (Å²) in [5.74, 6) is 0.104. The summed E-state index contributed by atoms with van der Waals surface area (Å²) in [4.78, 5) is 9.69. The molecular weight excluding hydrogens is 186 g/mol. The van der Waals surface area contributed by atoms with Gasteiger partial charge in [-0.3, -0.25) is 10.1 Å². The standard InChI is InChI=1S/C9H11NO4/c1-2-7(6-11)5-8-3-4-9(14-8)10(12)13/h3-5,11H,2,6H2,1H3. The van der Waals surface area contributed by atoms with Crippen molar-refractivity contribution >= 4 is 12.0 Å². The molecule has 5 nitrogen and oxygen atoms in total. The fourth-order valence-corrected chi connectivity index (χ4v) is 0.979. The minimum atomic E-state index is -0.595. The van der Waals surface area contributed by atoms with E-state index in [1.54, 1.807) is 6.08 Å². The number of aliphatic hydroxyl groups is 1. The molecule has 1 aromatic heterocycles.